The zero-order chi connectivity index (χ0) is 14.9. The van der Waals surface area contributed by atoms with E-state index in [2.05, 4.69) is 0 Å². The fourth-order valence-electron chi connectivity index (χ4n) is 3.82. The largest absolute Gasteiger partial charge is 0.480 e. The zero-order valence-corrected chi connectivity index (χ0v) is 12.3. The van der Waals surface area contributed by atoms with E-state index in [1.54, 1.807) is 0 Å². The molecule has 1 heterocycles. The van der Waals surface area contributed by atoms with Gasteiger partial charge >= 0.3 is 5.97 Å². The number of aliphatic hydroxyl groups is 1. The second-order valence-electron chi connectivity index (χ2n) is 6.45. The Bertz CT molecular complexity index is 523. The molecule has 1 saturated carbocycles. The first-order valence-electron chi connectivity index (χ1n) is 7.86. The maximum atomic E-state index is 11.8. The summed E-state index contributed by atoms with van der Waals surface area (Å²) >= 11 is 0. The Balaban J connectivity index is 1.84. The van der Waals surface area contributed by atoms with Crippen LogP contribution in [0.25, 0.3) is 0 Å². The lowest BCUT2D eigenvalue weighted by molar-refractivity contribution is -0.146. The van der Waals surface area contributed by atoms with Crippen molar-refractivity contribution in [2.75, 3.05) is 13.1 Å². The van der Waals surface area contributed by atoms with Crippen LogP contribution in [0.3, 0.4) is 0 Å². The minimum Gasteiger partial charge on any atom is -0.480 e. The van der Waals surface area contributed by atoms with Crippen LogP contribution in [0.5, 0.6) is 0 Å². The molecule has 1 fully saturated rings. The highest BCUT2D eigenvalue weighted by Crippen LogP contribution is 2.35. The second kappa shape index (κ2) is 5.78. The first kappa shape index (κ1) is 14.5. The molecular weight excluding hydrogens is 266 g/mol. The lowest BCUT2D eigenvalue weighted by atomic mass is 9.83. The summed E-state index contributed by atoms with van der Waals surface area (Å²) in [6.45, 7) is 1.18. The number of hydrogen-bond acceptors (Lipinski definition) is 3. The van der Waals surface area contributed by atoms with E-state index < -0.39 is 17.6 Å². The summed E-state index contributed by atoms with van der Waals surface area (Å²) in [5, 5.41) is 20.4. The Morgan fingerprint density at radius 2 is 1.95 bits per heavy atom. The third-order valence-electron chi connectivity index (χ3n) is 4.90. The fourth-order valence-corrected chi connectivity index (χ4v) is 3.82. The molecule has 1 aromatic carbocycles. The molecule has 2 N–H and O–H groups in total. The van der Waals surface area contributed by atoms with Crippen molar-refractivity contribution in [3.05, 3.63) is 35.4 Å². The van der Waals surface area contributed by atoms with Crippen LogP contribution in [-0.4, -0.2) is 39.8 Å². The van der Waals surface area contributed by atoms with Gasteiger partial charge in [0.25, 0.3) is 0 Å². The van der Waals surface area contributed by atoms with Gasteiger partial charge in [-0.3, -0.25) is 9.69 Å². The van der Waals surface area contributed by atoms with Crippen molar-refractivity contribution >= 4 is 5.97 Å². The molecule has 4 heteroatoms. The molecule has 1 aliphatic carbocycles. The van der Waals surface area contributed by atoms with E-state index in [1.165, 1.54) is 6.42 Å². The van der Waals surface area contributed by atoms with Crippen LogP contribution in [0.1, 0.15) is 49.3 Å². The highest BCUT2D eigenvalue weighted by molar-refractivity contribution is 5.76. The number of nitrogens with zero attached hydrogens (tertiary/aromatic N) is 1. The van der Waals surface area contributed by atoms with Gasteiger partial charge in [0.2, 0.25) is 0 Å². The standard InChI is InChI=1S/C17H23NO3/c19-16(20)15-14-7-3-2-6-13(14)8-11-18(15)12-17(21)9-4-1-5-10-17/h2-3,6-7,15,21H,1,4-5,8-12H2,(H,19,20). The molecule has 0 bridgehead atoms. The molecule has 1 aromatic rings. The Morgan fingerprint density at radius 1 is 1.24 bits per heavy atom. The number of aliphatic carboxylic acids is 1. The van der Waals surface area contributed by atoms with Gasteiger partial charge in [0.1, 0.15) is 6.04 Å². The number of benzene rings is 1. The first-order chi connectivity index (χ1) is 10.1. The van der Waals surface area contributed by atoms with E-state index in [4.69, 9.17) is 0 Å². The van der Waals surface area contributed by atoms with Crippen molar-refractivity contribution in [3.8, 4) is 0 Å². The number of β-amino-alcohol motifs (C(OH)–C–C–N with tert-alkyl or cyclic N) is 1. The molecule has 4 nitrogen and oxygen atoms in total. The van der Waals surface area contributed by atoms with Crippen molar-refractivity contribution < 1.29 is 15.0 Å². The van der Waals surface area contributed by atoms with Gasteiger partial charge in [0.15, 0.2) is 0 Å². The van der Waals surface area contributed by atoms with Gasteiger partial charge in [-0.25, -0.2) is 0 Å². The Labute approximate surface area is 125 Å². The molecule has 21 heavy (non-hydrogen) atoms. The fraction of sp³-hybridized carbons (Fsp3) is 0.588. The minimum absolute atomic E-state index is 0.471. The maximum Gasteiger partial charge on any atom is 0.325 e. The van der Waals surface area contributed by atoms with E-state index in [1.807, 2.05) is 29.2 Å². The third-order valence-corrected chi connectivity index (χ3v) is 4.90. The normalized spacial score (nSPS) is 25.3. The van der Waals surface area contributed by atoms with Crippen molar-refractivity contribution in [1.29, 1.82) is 0 Å². The van der Waals surface area contributed by atoms with Crippen LogP contribution in [0.15, 0.2) is 24.3 Å². The number of hydrogen-bond donors (Lipinski definition) is 2. The highest BCUT2D eigenvalue weighted by atomic mass is 16.4. The van der Waals surface area contributed by atoms with Crippen LogP contribution in [0, 0.1) is 0 Å². The van der Waals surface area contributed by atoms with Gasteiger partial charge in [0, 0.05) is 13.1 Å². The van der Waals surface area contributed by atoms with E-state index in [0.717, 1.165) is 43.2 Å². The molecule has 1 unspecified atom stereocenters. The second-order valence-corrected chi connectivity index (χ2v) is 6.45. The predicted molar refractivity (Wildman–Crippen MR) is 80.1 cm³/mol. The number of rotatable bonds is 3. The van der Waals surface area contributed by atoms with Gasteiger partial charge in [0.05, 0.1) is 5.60 Å². The van der Waals surface area contributed by atoms with Gasteiger partial charge in [-0.05, 0) is 30.4 Å². The Hall–Kier alpha value is -1.39. The van der Waals surface area contributed by atoms with Crippen LogP contribution in [0.4, 0.5) is 0 Å². The summed E-state index contributed by atoms with van der Waals surface area (Å²) in [4.78, 5) is 13.7. The van der Waals surface area contributed by atoms with Gasteiger partial charge in [-0.2, -0.15) is 0 Å². The van der Waals surface area contributed by atoms with Gasteiger partial charge in [-0.15, -0.1) is 0 Å². The van der Waals surface area contributed by atoms with Gasteiger partial charge < -0.3 is 10.2 Å². The molecule has 114 valence electrons. The summed E-state index contributed by atoms with van der Waals surface area (Å²) in [6.07, 6.45) is 5.69. The summed E-state index contributed by atoms with van der Waals surface area (Å²) in [6, 6.07) is 7.15. The molecule has 1 aliphatic heterocycles. The van der Waals surface area contributed by atoms with Crippen LogP contribution >= 0.6 is 0 Å². The quantitative estimate of drug-likeness (QED) is 0.897. The van der Waals surface area contributed by atoms with E-state index in [-0.39, 0.29) is 0 Å². The maximum absolute atomic E-state index is 11.8. The molecule has 0 amide bonds. The van der Waals surface area contributed by atoms with Crippen LogP contribution in [-0.2, 0) is 11.2 Å². The number of carboxylic acid groups (broad SMARTS) is 1. The zero-order valence-electron chi connectivity index (χ0n) is 12.3. The first-order valence-corrected chi connectivity index (χ1v) is 7.86. The Kier molecular flexibility index (Phi) is 4.00. The number of carbonyl (C=O) groups is 1. The number of fused-ring (bicyclic) bond motifs is 1. The van der Waals surface area contributed by atoms with Crippen LogP contribution < -0.4 is 0 Å². The molecule has 3 rings (SSSR count). The lowest BCUT2D eigenvalue weighted by Crippen LogP contribution is -2.49. The van der Waals surface area contributed by atoms with E-state index in [0.29, 0.717) is 13.1 Å². The predicted octanol–water partition coefficient (Wildman–Crippen LogP) is 2.37. The molecular formula is C17H23NO3. The van der Waals surface area contributed by atoms with E-state index >= 15 is 0 Å². The average Bonchev–Trinajstić information content (AvgIpc) is 2.47. The Morgan fingerprint density at radius 3 is 2.67 bits per heavy atom. The van der Waals surface area contributed by atoms with Crippen molar-refractivity contribution in [3.63, 3.8) is 0 Å². The molecule has 1 atom stereocenters. The van der Waals surface area contributed by atoms with E-state index in [9.17, 15) is 15.0 Å². The average molecular weight is 289 g/mol. The molecule has 0 aromatic heterocycles. The molecule has 0 spiro atoms. The van der Waals surface area contributed by atoms with Crippen molar-refractivity contribution in [1.82, 2.24) is 4.90 Å². The number of carboxylic acids is 1. The summed E-state index contributed by atoms with van der Waals surface area (Å²) < 4.78 is 0. The molecule has 2 aliphatic rings. The SMILES string of the molecule is O=C(O)C1c2ccccc2CCN1CC1(O)CCCCC1. The van der Waals surface area contributed by atoms with Crippen molar-refractivity contribution in [2.45, 2.75) is 50.2 Å². The summed E-state index contributed by atoms with van der Waals surface area (Å²) in [5.74, 6) is -0.818. The summed E-state index contributed by atoms with van der Waals surface area (Å²) in [5.41, 5.74) is 1.30. The topological polar surface area (TPSA) is 60.8 Å². The molecule has 0 saturated heterocycles. The van der Waals surface area contributed by atoms with Crippen LogP contribution in [0.2, 0.25) is 0 Å². The monoisotopic (exact) mass is 289 g/mol. The molecule has 0 radical (unpaired) electrons. The van der Waals surface area contributed by atoms with Gasteiger partial charge in [-0.1, -0.05) is 43.5 Å². The lowest BCUT2D eigenvalue weighted by Gasteiger charge is -2.41. The highest BCUT2D eigenvalue weighted by Gasteiger charge is 2.38. The summed E-state index contributed by atoms with van der Waals surface area (Å²) in [7, 11) is 0. The minimum atomic E-state index is -0.818. The smallest absolute Gasteiger partial charge is 0.325 e. The third kappa shape index (κ3) is 2.97. The van der Waals surface area contributed by atoms with Crippen molar-refractivity contribution in [2.24, 2.45) is 0 Å².